The van der Waals surface area contributed by atoms with Gasteiger partial charge in [0.1, 0.15) is 0 Å². The molecule has 6 heteroatoms. The standard InChI is InChI=1S/C17H19N3O3/c1-19(8-2-9-20-10-7-18-12-20)17(21)6-4-14-3-5-15-16(11-14)23-13-22-15/h3-7,10-12H,2,8-9,13H2,1H3/b6-4+. The third kappa shape index (κ3) is 3.91. The van der Waals surface area contributed by atoms with Crippen LogP contribution in [-0.2, 0) is 11.3 Å². The highest BCUT2D eigenvalue weighted by Gasteiger charge is 2.12. The predicted octanol–water partition coefficient (Wildman–Crippen LogP) is 2.17. The van der Waals surface area contributed by atoms with Crippen molar-refractivity contribution in [1.29, 1.82) is 0 Å². The lowest BCUT2D eigenvalue weighted by Crippen LogP contribution is -2.26. The van der Waals surface area contributed by atoms with Crippen molar-refractivity contribution < 1.29 is 14.3 Å². The monoisotopic (exact) mass is 313 g/mol. The molecule has 1 aliphatic rings. The molecule has 2 heterocycles. The Labute approximate surface area is 134 Å². The van der Waals surface area contributed by atoms with Crippen molar-refractivity contribution in [2.24, 2.45) is 0 Å². The van der Waals surface area contributed by atoms with Gasteiger partial charge in [0, 0.05) is 38.6 Å². The van der Waals surface area contributed by atoms with E-state index in [1.54, 1.807) is 36.6 Å². The fourth-order valence-corrected chi connectivity index (χ4v) is 2.33. The molecule has 0 unspecified atom stereocenters. The number of imidazole rings is 1. The normalized spacial score (nSPS) is 12.7. The second-order valence-corrected chi connectivity index (χ2v) is 5.36. The summed E-state index contributed by atoms with van der Waals surface area (Å²) in [5, 5.41) is 0. The minimum Gasteiger partial charge on any atom is -0.454 e. The molecule has 0 radical (unpaired) electrons. The highest BCUT2D eigenvalue weighted by Crippen LogP contribution is 2.32. The average molecular weight is 313 g/mol. The van der Waals surface area contributed by atoms with Crippen LogP contribution in [0.15, 0.2) is 43.0 Å². The molecule has 0 fully saturated rings. The molecular formula is C17H19N3O3. The van der Waals surface area contributed by atoms with E-state index in [1.807, 2.05) is 29.0 Å². The first-order valence-corrected chi connectivity index (χ1v) is 7.51. The van der Waals surface area contributed by atoms with Crippen molar-refractivity contribution in [3.05, 3.63) is 48.6 Å². The number of hydrogen-bond donors (Lipinski definition) is 0. The number of nitrogens with zero attached hydrogens (tertiary/aromatic N) is 3. The predicted molar refractivity (Wildman–Crippen MR) is 86.1 cm³/mol. The van der Waals surface area contributed by atoms with E-state index in [1.165, 1.54) is 0 Å². The third-order valence-corrected chi connectivity index (χ3v) is 3.66. The zero-order valence-electron chi connectivity index (χ0n) is 13.0. The van der Waals surface area contributed by atoms with E-state index in [0.717, 1.165) is 24.3 Å². The van der Waals surface area contributed by atoms with Crippen molar-refractivity contribution in [3.63, 3.8) is 0 Å². The smallest absolute Gasteiger partial charge is 0.246 e. The number of likely N-dealkylation sites (N-methyl/N-ethyl adjacent to an activating group) is 1. The second kappa shape index (κ2) is 7.00. The van der Waals surface area contributed by atoms with Crippen LogP contribution in [0, 0.1) is 0 Å². The zero-order chi connectivity index (χ0) is 16.1. The molecule has 1 amide bonds. The quantitative estimate of drug-likeness (QED) is 0.767. The largest absolute Gasteiger partial charge is 0.454 e. The number of carbonyl (C=O) groups is 1. The Morgan fingerprint density at radius 1 is 1.39 bits per heavy atom. The molecular weight excluding hydrogens is 294 g/mol. The SMILES string of the molecule is CN(CCCn1ccnc1)C(=O)/C=C/c1ccc2c(c1)OCO2. The summed E-state index contributed by atoms with van der Waals surface area (Å²) < 4.78 is 12.6. The van der Waals surface area contributed by atoms with E-state index in [2.05, 4.69) is 4.98 Å². The average Bonchev–Trinajstić information content (AvgIpc) is 3.23. The molecule has 0 N–H and O–H groups in total. The van der Waals surface area contributed by atoms with Gasteiger partial charge in [0.15, 0.2) is 11.5 Å². The van der Waals surface area contributed by atoms with E-state index in [-0.39, 0.29) is 12.7 Å². The number of aryl methyl sites for hydroxylation is 1. The van der Waals surface area contributed by atoms with Gasteiger partial charge in [-0.25, -0.2) is 4.98 Å². The molecule has 0 spiro atoms. The molecule has 0 saturated heterocycles. The molecule has 0 bridgehead atoms. The summed E-state index contributed by atoms with van der Waals surface area (Å²) >= 11 is 0. The van der Waals surface area contributed by atoms with Crippen LogP contribution in [0.3, 0.4) is 0 Å². The van der Waals surface area contributed by atoms with Gasteiger partial charge in [-0.15, -0.1) is 0 Å². The number of carbonyl (C=O) groups excluding carboxylic acids is 1. The van der Waals surface area contributed by atoms with E-state index >= 15 is 0 Å². The topological polar surface area (TPSA) is 56.6 Å². The minimum atomic E-state index is -0.0201. The van der Waals surface area contributed by atoms with Gasteiger partial charge in [-0.05, 0) is 30.2 Å². The Morgan fingerprint density at radius 3 is 3.09 bits per heavy atom. The van der Waals surface area contributed by atoms with Gasteiger partial charge < -0.3 is 18.9 Å². The van der Waals surface area contributed by atoms with Crippen LogP contribution in [0.1, 0.15) is 12.0 Å². The van der Waals surface area contributed by atoms with Gasteiger partial charge >= 0.3 is 0 Å². The maximum absolute atomic E-state index is 12.1. The van der Waals surface area contributed by atoms with Gasteiger partial charge in [0.05, 0.1) is 6.33 Å². The summed E-state index contributed by atoms with van der Waals surface area (Å²) in [6.07, 6.45) is 9.70. The van der Waals surface area contributed by atoms with E-state index < -0.39 is 0 Å². The maximum Gasteiger partial charge on any atom is 0.246 e. The number of aromatic nitrogens is 2. The first kappa shape index (κ1) is 15.1. The van der Waals surface area contributed by atoms with Crippen molar-refractivity contribution in [2.75, 3.05) is 20.4 Å². The molecule has 0 saturated carbocycles. The fraction of sp³-hybridized carbons (Fsp3) is 0.294. The molecule has 3 rings (SSSR count). The number of amides is 1. The Morgan fingerprint density at radius 2 is 2.26 bits per heavy atom. The number of hydrogen-bond acceptors (Lipinski definition) is 4. The number of ether oxygens (including phenoxy) is 2. The van der Waals surface area contributed by atoms with Gasteiger partial charge in [0.2, 0.25) is 12.7 Å². The first-order chi connectivity index (χ1) is 11.2. The van der Waals surface area contributed by atoms with Gasteiger partial charge in [0.25, 0.3) is 0 Å². The molecule has 1 aromatic heterocycles. The Balaban J connectivity index is 1.49. The number of rotatable bonds is 6. The second-order valence-electron chi connectivity index (χ2n) is 5.36. The van der Waals surface area contributed by atoms with Gasteiger partial charge in [-0.2, -0.15) is 0 Å². The van der Waals surface area contributed by atoms with Crippen LogP contribution < -0.4 is 9.47 Å². The van der Waals surface area contributed by atoms with Crippen LogP contribution >= 0.6 is 0 Å². The maximum atomic E-state index is 12.1. The van der Waals surface area contributed by atoms with E-state index in [0.29, 0.717) is 12.3 Å². The van der Waals surface area contributed by atoms with Gasteiger partial charge in [-0.1, -0.05) is 6.07 Å². The zero-order valence-corrected chi connectivity index (χ0v) is 13.0. The van der Waals surface area contributed by atoms with Crippen LogP contribution in [-0.4, -0.2) is 40.7 Å². The third-order valence-electron chi connectivity index (χ3n) is 3.66. The molecule has 1 aliphatic heterocycles. The van der Waals surface area contributed by atoms with Crippen molar-refractivity contribution in [3.8, 4) is 11.5 Å². The van der Waals surface area contributed by atoms with Crippen LogP contribution in [0.4, 0.5) is 0 Å². The first-order valence-electron chi connectivity index (χ1n) is 7.51. The van der Waals surface area contributed by atoms with Crippen LogP contribution in [0.2, 0.25) is 0 Å². The summed E-state index contributed by atoms with van der Waals surface area (Å²) in [4.78, 5) is 17.8. The Hall–Kier alpha value is -2.76. The molecule has 6 nitrogen and oxygen atoms in total. The van der Waals surface area contributed by atoms with Crippen molar-refractivity contribution >= 4 is 12.0 Å². The summed E-state index contributed by atoms with van der Waals surface area (Å²) in [5.74, 6) is 1.44. The summed E-state index contributed by atoms with van der Waals surface area (Å²) in [5.41, 5.74) is 0.911. The lowest BCUT2D eigenvalue weighted by molar-refractivity contribution is -0.124. The molecule has 0 atom stereocenters. The fourth-order valence-electron chi connectivity index (χ4n) is 2.33. The highest BCUT2D eigenvalue weighted by molar-refractivity contribution is 5.91. The van der Waals surface area contributed by atoms with Crippen LogP contribution in [0.5, 0.6) is 11.5 Å². The van der Waals surface area contributed by atoms with Crippen molar-refractivity contribution in [1.82, 2.24) is 14.5 Å². The molecule has 1 aromatic carbocycles. The summed E-state index contributed by atoms with van der Waals surface area (Å²) in [7, 11) is 1.81. The van der Waals surface area contributed by atoms with Crippen molar-refractivity contribution in [2.45, 2.75) is 13.0 Å². The summed E-state index contributed by atoms with van der Waals surface area (Å²) in [6.45, 7) is 1.80. The molecule has 0 aliphatic carbocycles. The molecule has 2 aromatic rings. The minimum absolute atomic E-state index is 0.0201. The lowest BCUT2D eigenvalue weighted by atomic mass is 10.2. The van der Waals surface area contributed by atoms with E-state index in [9.17, 15) is 4.79 Å². The van der Waals surface area contributed by atoms with E-state index in [4.69, 9.17) is 9.47 Å². The number of fused-ring (bicyclic) bond motifs is 1. The molecule has 120 valence electrons. The molecule has 23 heavy (non-hydrogen) atoms. The lowest BCUT2D eigenvalue weighted by Gasteiger charge is -2.15. The Bertz CT molecular complexity index is 695. The Kier molecular flexibility index (Phi) is 4.61. The van der Waals surface area contributed by atoms with Gasteiger partial charge in [-0.3, -0.25) is 4.79 Å². The van der Waals surface area contributed by atoms with Crippen LogP contribution in [0.25, 0.3) is 6.08 Å². The summed E-state index contributed by atoms with van der Waals surface area (Å²) in [6, 6.07) is 5.61. The number of benzene rings is 1. The highest BCUT2D eigenvalue weighted by atomic mass is 16.7.